The zero-order chi connectivity index (χ0) is 14.9. The van der Waals surface area contributed by atoms with Crippen molar-refractivity contribution in [3.8, 4) is 0 Å². The van der Waals surface area contributed by atoms with Crippen LogP contribution in [0.15, 0.2) is 36.4 Å². The minimum Gasteiger partial charge on any atom is -0.456 e. The number of imide groups is 1. The highest BCUT2D eigenvalue weighted by molar-refractivity contribution is 6.28. The van der Waals surface area contributed by atoms with Gasteiger partial charge >= 0.3 is 5.97 Å². The molecule has 0 unspecified atom stereocenters. The van der Waals surface area contributed by atoms with E-state index in [-0.39, 0.29) is 0 Å². The van der Waals surface area contributed by atoms with E-state index in [0.717, 1.165) is 4.90 Å². The van der Waals surface area contributed by atoms with E-state index in [1.165, 1.54) is 18.2 Å². The molecule has 2 amide bonds. The molecule has 0 N–H and O–H groups in total. The first-order chi connectivity index (χ1) is 9.28. The molecule has 0 saturated carbocycles. The van der Waals surface area contributed by atoms with Crippen molar-refractivity contribution in [3.63, 3.8) is 0 Å². The number of amides is 2. The highest BCUT2D eigenvalue weighted by Gasteiger charge is 2.26. The second kappa shape index (κ2) is 4.92. The smallest absolute Gasteiger partial charge is 0.338 e. The average molecular weight is 273 g/mol. The van der Waals surface area contributed by atoms with Gasteiger partial charge in [-0.15, -0.1) is 0 Å². The molecular formula is C15H15NO4. The second-order valence-corrected chi connectivity index (χ2v) is 5.40. The molecule has 2 rings (SSSR count). The fraction of sp³-hybridized carbons (Fsp3) is 0.267. The molecule has 1 heterocycles. The van der Waals surface area contributed by atoms with Crippen LogP contribution in [0.25, 0.3) is 0 Å². The molecule has 5 heteroatoms. The third-order valence-corrected chi connectivity index (χ3v) is 2.55. The van der Waals surface area contributed by atoms with E-state index in [1.54, 1.807) is 39.0 Å². The topological polar surface area (TPSA) is 63.7 Å². The summed E-state index contributed by atoms with van der Waals surface area (Å²) in [4.78, 5) is 36.2. The second-order valence-electron chi connectivity index (χ2n) is 5.40. The van der Waals surface area contributed by atoms with Crippen molar-refractivity contribution in [2.75, 3.05) is 4.90 Å². The maximum Gasteiger partial charge on any atom is 0.338 e. The Labute approximate surface area is 116 Å². The van der Waals surface area contributed by atoms with E-state index < -0.39 is 23.4 Å². The summed E-state index contributed by atoms with van der Waals surface area (Å²) in [5.41, 5.74) is 0.0479. The highest BCUT2D eigenvalue weighted by atomic mass is 16.6. The number of anilines is 1. The van der Waals surface area contributed by atoms with E-state index in [9.17, 15) is 14.4 Å². The van der Waals surface area contributed by atoms with Crippen molar-refractivity contribution in [3.05, 3.63) is 42.0 Å². The van der Waals surface area contributed by atoms with Crippen molar-refractivity contribution in [1.29, 1.82) is 0 Å². The quantitative estimate of drug-likeness (QED) is 0.611. The summed E-state index contributed by atoms with van der Waals surface area (Å²) in [6.45, 7) is 5.31. The van der Waals surface area contributed by atoms with Gasteiger partial charge in [0.15, 0.2) is 0 Å². The zero-order valence-electron chi connectivity index (χ0n) is 11.5. The van der Waals surface area contributed by atoms with Crippen molar-refractivity contribution in [1.82, 2.24) is 0 Å². The van der Waals surface area contributed by atoms with E-state index in [4.69, 9.17) is 4.74 Å². The lowest BCUT2D eigenvalue weighted by Crippen LogP contribution is -2.30. The van der Waals surface area contributed by atoms with Crippen LogP contribution in [0, 0.1) is 0 Å². The minimum absolute atomic E-state index is 0.296. The Kier molecular flexibility index (Phi) is 3.44. The number of rotatable bonds is 2. The minimum atomic E-state index is -0.603. The predicted octanol–water partition coefficient (Wildman–Crippen LogP) is 2.07. The average Bonchev–Trinajstić information content (AvgIpc) is 2.67. The van der Waals surface area contributed by atoms with E-state index >= 15 is 0 Å². The molecule has 0 spiro atoms. The lowest BCUT2D eigenvalue weighted by atomic mass is 10.1. The number of hydrogen-bond acceptors (Lipinski definition) is 4. The Morgan fingerprint density at radius 2 is 1.70 bits per heavy atom. The third-order valence-electron chi connectivity index (χ3n) is 2.55. The Balaban J connectivity index is 2.27. The van der Waals surface area contributed by atoms with Gasteiger partial charge in [-0.25, -0.2) is 9.69 Å². The summed E-state index contributed by atoms with van der Waals surface area (Å²) in [5, 5.41) is 0. The number of ether oxygens (including phenoxy) is 1. The molecule has 1 aromatic rings. The Hall–Kier alpha value is -2.43. The van der Waals surface area contributed by atoms with Crippen LogP contribution in [0.4, 0.5) is 5.69 Å². The van der Waals surface area contributed by atoms with Crippen LogP contribution in [0.1, 0.15) is 31.1 Å². The number of esters is 1. The van der Waals surface area contributed by atoms with Gasteiger partial charge in [-0.3, -0.25) is 9.59 Å². The Bertz CT molecular complexity index is 593. The Morgan fingerprint density at radius 3 is 2.25 bits per heavy atom. The van der Waals surface area contributed by atoms with Crippen LogP contribution in [-0.2, 0) is 14.3 Å². The van der Waals surface area contributed by atoms with E-state index in [0.29, 0.717) is 11.3 Å². The van der Waals surface area contributed by atoms with Crippen molar-refractivity contribution >= 4 is 23.5 Å². The first-order valence-corrected chi connectivity index (χ1v) is 6.17. The molecule has 20 heavy (non-hydrogen) atoms. The summed E-state index contributed by atoms with van der Waals surface area (Å²) >= 11 is 0. The summed E-state index contributed by atoms with van der Waals surface area (Å²) in [6, 6.07) is 6.25. The van der Waals surface area contributed by atoms with Crippen molar-refractivity contribution in [2.45, 2.75) is 26.4 Å². The lowest BCUT2D eigenvalue weighted by Gasteiger charge is -2.20. The summed E-state index contributed by atoms with van der Waals surface area (Å²) in [7, 11) is 0. The zero-order valence-corrected chi connectivity index (χ0v) is 11.5. The molecule has 0 fully saturated rings. The molecule has 0 atom stereocenters. The molecule has 0 aliphatic carbocycles. The Morgan fingerprint density at radius 1 is 1.10 bits per heavy atom. The largest absolute Gasteiger partial charge is 0.456 e. The van der Waals surface area contributed by atoms with Gasteiger partial charge in [-0.05, 0) is 39.0 Å². The van der Waals surface area contributed by atoms with Crippen LogP contribution in [0.3, 0.4) is 0 Å². The van der Waals surface area contributed by atoms with Crippen LogP contribution >= 0.6 is 0 Å². The third kappa shape index (κ3) is 2.93. The van der Waals surface area contributed by atoms with Gasteiger partial charge in [0.05, 0.1) is 11.3 Å². The standard InChI is InChI=1S/C15H15NO4/c1-15(2,3)20-14(19)10-5-4-6-11(9-10)16-12(17)7-8-13(16)18/h4-9H,1-3H3. The molecule has 5 nitrogen and oxygen atoms in total. The van der Waals surface area contributed by atoms with Gasteiger partial charge in [-0.2, -0.15) is 0 Å². The molecule has 1 aliphatic heterocycles. The summed E-state index contributed by atoms with van der Waals surface area (Å²) in [5.74, 6) is -1.33. The SMILES string of the molecule is CC(C)(C)OC(=O)c1cccc(N2C(=O)C=CC2=O)c1. The maximum absolute atomic E-state index is 12.0. The first-order valence-electron chi connectivity index (χ1n) is 6.17. The highest BCUT2D eigenvalue weighted by Crippen LogP contribution is 2.21. The number of hydrogen-bond donors (Lipinski definition) is 0. The maximum atomic E-state index is 12.0. The molecule has 1 aromatic carbocycles. The molecule has 0 bridgehead atoms. The predicted molar refractivity (Wildman–Crippen MR) is 73.2 cm³/mol. The molecule has 104 valence electrons. The molecular weight excluding hydrogens is 258 g/mol. The fourth-order valence-electron chi connectivity index (χ4n) is 1.76. The molecule has 0 saturated heterocycles. The number of carbonyl (C=O) groups excluding carboxylic acids is 3. The normalized spacial score (nSPS) is 14.8. The van der Waals surface area contributed by atoms with Crippen LogP contribution in [-0.4, -0.2) is 23.4 Å². The van der Waals surface area contributed by atoms with Gasteiger partial charge in [0.1, 0.15) is 5.60 Å². The number of carbonyl (C=O) groups is 3. The van der Waals surface area contributed by atoms with E-state index in [1.807, 2.05) is 0 Å². The van der Waals surface area contributed by atoms with Gasteiger partial charge in [0.2, 0.25) is 0 Å². The first kappa shape index (κ1) is 14.0. The lowest BCUT2D eigenvalue weighted by molar-refractivity contribution is -0.120. The number of nitrogens with zero attached hydrogens (tertiary/aromatic N) is 1. The van der Waals surface area contributed by atoms with Gasteiger partial charge < -0.3 is 4.74 Å². The number of benzene rings is 1. The fourth-order valence-corrected chi connectivity index (χ4v) is 1.76. The molecule has 1 aliphatic rings. The van der Waals surface area contributed by atoms with Crippen LogP contribution < -0.4 is 4.90 Å². The van der Waals surface area contributed by atoms with Gasteiger partial charge in [0, 0.05) is 12.2 Å². The summed E-state index contributed by atoms with van der Waals surface area (Å²) in [6.07, 6.45) is 2.39. The monoisotopic (exact) mass is 273 g/mol. The van der Waals surface area contributed by atoms with Crippen molar-refractivity contribution in [2.24, 2.45) is 0 Å². The molecule has 0 aromatic heterocycles. The van der Waals surface area contributed by atoms with Crippen LogP contribution in [0.5, 0.6) is 0 Å². The summed E-state index contributed by atoms with van der Waals surface area (Å²) < 4.78 is 5.25. The molecule has 0 radical (unpaired) electrons. The van der Waals surface area contributed by atoms with Gasteiger partial charge in [0.25, 0.3) is 11.8 Å². The van der Waals surface area contributed by atoms with Gasteiger partial charge in [-0.1, -0.05) is 6.07 Å². The van der Waals surface area contributed by atoms with E-state index in [2.05, 4.69) is 0 Å². The van der Waals surface area contributed by atoms with Crippen LogP contribution in [0.2, 0.25) is 0 Å². The van der Waals surface area contributed by atoms with Crippen molar-refractivity contribution < 1.29 is 19.1 Å².